The minimum Gasteiger partial charge on any atom is -0.340 e. The molecule has 0 radical (unpaired) electrons. The van der Waals surface area contributed by atoms with Crippen molar-refractivity contribution in [1.82, 2.24) is 9.97 Å². The average molecular weight is 265 g/mol. The van der Waals surface area contributed by atoms with Crippen LogP contribution in [0.1, 0.15) is 5.69 Å². The monoisotopic (exact) mass is 265 g/mol. The van der Waals surface area contributed by atoms with Gasteiger partial charge in [0.2, 0.25) is 5.95 Å². The SMILES string of the molecule is Cc1cc(Nc2ccc3ccccc3c2)nc(NN)n1. The molecule has 0 aliphatic carbocycles. The fourth-order valence-electron chi connectivity index (χ4n) is 2.11. The van der Waals surface area contributed by atoms with E-state index in [1.54, 1.807) is 0 Å². The van der Waals surface area contributed by atoms with Crippen LogP contribution in [-0.4, -0.2) is 9.97 Å². The van der Waals surface area contributed by atoms with E-state index < -0.39 is 0 Å². The first kappa shape index (κ1) is 12.4. The maximum atomic E-state index is 5.35. The average Bonchev–Trinajstić information content (AvgIpc) is 2.46. The molecule has 0 fully saturated rings. The van der Waals surface area contributed by atoms with Gasteiger partial charge in [0.25, 0.3) is 0 Å². The molecule has 0 spiro atoms. The number of hydrazine groups is 1. The molecule has 3 aromatic rings. The van der Waals surface area contributed by atoms with Crippen LogP contribution in [-0.2, 0) is 0 Å². The quantitative estimate of drug-likeness (QED) is 0.501. The number of nitrogens with one attached hydrogen (secondary N) is 2. The number of nitrogens with zero attached hydrogens (tertiary/aromatic N) is 2. The number of aryl methyl sites for hydroxylation is 1. The van der Waals surface area contributed by atoms with Crippen LogP contribution < -0.4 is 16.6 Å². The number of anilines is 3. The number of rotatable bonds is 3. The highest BCUT2D eigenvalue weighted by Gasteiger charge is 2.02. The highest BCUT2D eigenvalue weighted by atomic mass is 15.3. The molecule has 0 saturated carbocycles. The van der Waals surface area contributed by atoms with Crippen molar-refractivity contribution in [3.8, 4) is 0 Å². The normalized spacial score (nSPS) is 10.5. The van der Waals surface area contributed by atoms with Crippen LogP contribution in [0.5, 0.6) is 0 Å². The van der Waals surface area contributed by atoms with Crippen LogP contribution in [0, 0.1) is 6.92 Å². The van der Waals surface area contributed by atoms with Gasteiger partial charge in [0.1, 0.15) is 5.82 Å². The number of nitrogen functional groups attached to an aromatic ring is 1. The summed E-state index contributed by atoms with van der Waals surface area (Å²) in [4.78, 5) is 8.43. The molecule has 0 bridgehead atoms. The number of hydrogen-bond donors (Lipinski definition) is 3. The molecule has 0 aliphatic heterocycles. The molecule has 4 N–H and O–H groups in total. The summed E-state index contributed by atoms with van der Waals surface area (Å²) in [5, 5.41) is 5.66. The molecule has 0 atom stereocenters. The Morgan fingerprint density at radius 1 is 0.950 bits per heavy atom. The maximum Gasteiger partial charge on any atom is 0.239 e. The first-order valence-corrected chi connectivity index (χ1v) is 6.33. The van der Waals surface area contributed by atoms with Gasteiger partial charge in [-0.05, 0) is 29.8 Å². The lowest BCUT2D eigenvalue weighted by Gasteiger charge is -2.09. The molecule has 2 aromatic carbocycles. The minimum absolute atomic E-state index is 0.397. The Morgan fingerprint density at radius 2 is 1.75 bits per heavy atom. The topological polar surface area (TPSA) is 75.9 Å². The van der Waals surface area contributed by atoms with E-state index in [0.717, 1.165) is 11.4 Å². The molecule has 5 nitrogen and oxygen atoms in total. The first-order chi connectivity index (χ1) is 9.74. The van der Waals surface area contributed by atoms with Crippen molar-refractivity contribution < 1.29 is 0 Å². The van der Waals surface area contributed by atoms with Gasteiger partial charge in [0.15, 0.2) is 0 Å². The fraction of sp³-hybridized carbons (Fsp3) is 0.0667. The van der Waals surface area contributed by atoms with Gasteiger partial charge in [-0.3, -0.25) is 5.43 Å². The van der Waals surface area contributed by atoms with E-state index in [1.807, 2.05) is 31.2 Å². The summed E-state index contributed by atoms with van der Waals surface area (Å²) in [6.07, 6.45) is 0. The number of benzene rings is 2. The summed E-state index contributed by atoms with van der Waals surface area (Å²) < 4.78 is 0. The molecule has 0 saturated heterocycles. The van der Waals surface area contributed by atoms with Gasteiger partial charge in [0.05, 0.1) is 0 Å². The molecule has 0 amide bonds. The van der Waals surface area contributed by atoms with Crippen LogP contribution >= 0.6 is 0 Å². The summed E-state index contributed by atoms with van der Waals surface area (Å²) in [5.41, 5.74) is 4.28. The predicted molar refractivity (Wildman–Crippen MR) is 81.8 cm³/mol. The largest absolute Gasteiger partial charge is 0.340 e. The van der Waals surface area contributed by atoms with E-state index in [0.29, 0.717) is 11.8 Å². The Bertz CT molecular complexity index is 754. The van der Waals surface area contributed by atoms with E-state index in [2.05, 4.69) is 45.0 Å². The van der Waals surface area contributed by atoms with Gasteiger partial charge in [-0.2, -0.15) is 4.98 Å². The van der Waals surface area contributed by atoms with E-state index >= 15 is 0 Å². The highest BCUT2D eigenvalue weighted by Crippen LogP contribution is 2.22. The first-order valence-electron chi connectivity index (χ1n) is 6.33. The molecule has 0 aliphatic rings. The second-order valence-corrected chi connectivity index (χ2v) is 4.55. The lowest BCUT2D eigenvalue weighted by molar-refractivity contribution is 1.07. The number of nitrogens with two attached hydrogens (primary N) is 1. The molecule has 3 rings (SSSR count). The smallest absolute Gasteiger partial charge is 0.239 e. The van der Waals surface area contributed by atoms with Crippen molar-refractivity contribution in [2.24, 2.45) is 5.84 Å². The lowest BCUT2D eigenvalue weighted by Crippen LogP contribution is -2.11. The third kappa shape index (κ3) is 2.53. The predicted octanol–water partition coefficient (Wildman–Crippen LogP) is 2.97. The molecule has 5 heteroatoms. The summed E-state index contributed by atoms with van der Waals surface area (Å²) in [6, 6.07) is 16.3. The number of fused-ring (bicyclic) bond motifs is 1. The number of aromatic nitrogens is 2. The summed E-state index contributed by atoms with van der Waals surface area (Å²) in [7, 11) is 0. The Morgan fingerprint density at radius 3 is 2.55 bits per heavy atom. The summed E-state index contributed by atoms with van der Waals surface area (Å²) in [6.45, 7) is 1.90. The van der Waals surface area contributed by atoms with Crippen LogP contribution in [0.25, 0.3) is 10.8 Å². The van der Waals surface area contributed by atoms with E-state index in [-0.39, 0.29) is 0 Å². The van der Waals surface area contributed by atoms with Crippen LogP contribution in [0.4, 0.5) is 17.5 Å². The van der Waals surface area contributed by atoms with Crippen molar-refractivity contribution in [1.29, 1.82) is 0 Å². The van der Waals surface area contributed by atoms with Gasteiger partial charge in [0, 0.05) is 17.4 Å². The zero-order chi connectivity index (χ0) is 13.9. The van der Waals surface area contributed by atoms with E-state index in [4.69, 9.17) is 5.84 Å². The summed E-state index contributed by atoms with van der Waals surface area (Å²) >= 11 is 0. The number of hydrogen-bond acceptors (Lipinski definition) is 5. The molecule has 0 unspecified atom stereocenters. The third-order valence-corrected chi connectivity index (χ3v) is 3.01. The van der Waals surface area contributed by atoms with Gasteiger partial charge in [-0.15, -0.1) is 0 Å². The molecule has 20 heavy (non-hydrogen) atoms. The maximum absolute atomic E-state index is 5.35. The van der Waals surface area contributed by atoms with E-state index in [1.165, 1.54) is 10.8 Å². The van der Waals surface area contributed by atoms with Crippen molar-refractivity contribution in [3.05, 3.63) is 54.2 Å². The molecule has 100 valence electrons. The Hall–Kier alpha value is -2.66. The van der Waals surface area contributed by atoms with E-state index in [9.17, 15) is 0 Å². The molecule has 1 aromatic heterocycles. The van der Waals surface area contributed by atoms with Gasteiger partial charge < -0.3 is 5.32 Å². The van der Waals surface area contributed by atoms with Crippen LogP contribution in [0.15, 0.2) is 48.5 Å². The molecular weight excluding hydrogens is 250 g/mol. The standard InChI is InChI=1S/C15H15N5/c1-10-8-14(19-15(17-10)20-16)18-13-7-6-11-4-2-3-5-12(11)9-13/h2-9H,16H2,1H3,(H2,17,18,19,20). The second-order valence-electron chi connectivity index (χ2n) is 4.55. The molecule has 1 heterocycles. The van der Waals surface area contributed by atoms with Crippen LogP contribution in [0.2, 0.25) is 0 Å². The van der Waals surface area contributed by atoms with Gasteiger partial charge >= 0.3 is 0 Å². The zero-order valence-electron chi connectivity index (χ0n) is 11.1. The Labute approximate surface area is 116 Å². The highest BCUT2D eigenvalue weighted by molar-refractivity contribution is 5.86. The minimum atomic E-state index is 0.397. The van der Waals surface area contributed by atoms with Crippen LogP contribution in [0.3, 0.4) is 0 Å². The Kier molecular flexibility index (Phi) is 3.18. The fourth-order valence-corrected chi connectivity index (χ4v) is 2.11. The van der Waals surface area contributed by atoms with Gasteiger partial charge in [-0.1, -0.05) is 30.3 Å². The molecular formula is C15H15N5. The van der Waals surface area contributed by atoms with Crippen molar-refractivity contribution >= 4 is 28.2 Å². The lowest BCUT2D eigenvalue weighted by atomic mass is 10.1. The third-order valence-electron chi connectivity index (χ3n) is 3.01. The second kappa shape index (κ2) is 5.14. The zero-order valence-corrected chi connectivity index (χ0v) is 11.1. The van der Waals surface area contributed by atoms with Crippen molar-refractivity contribution in [2.45, 2.75) is 6.92 Å². The van der Waals surface area contributed by atoms with Crippen molar-refractivity contribution in [2.75, 3.05) is 10.7 Å². The Balaban J connectivity index is 1.94. The van der Waals surface area contributed by atoms with Gasteiger partial charge in [-0.25, -0.2) is 10.8 Å². The van der Waals surface area contributed by atoms with Crippen molar-refractivity contribution in [3.63, 3.8) is 0 Å². The summed E-state index contributed by atoms with van der Waals surface area (Å²) in [5.74, 6) is 6.46.